The molecule has 1 aromatic heterocycles. The lowest BCUT2D eigenvalue weighted by Gasteiger charge is -2.07. The quantitative estimate of drug-likeness (QED) is 0.525. The van der Waals surface area contributed by atoms with E-state index in [-0.39, 0.29) is 11.4 Å². The summed E-state index contributed by atoms with van der Waals surface area (Å²) < 4.78 is 5.37. The van der Waals surface area contributed by atoms with E-state index in [1.807, 2.05) is 0 Å². The standard InChI is InChI=1S/C14H23N3O4/c1-3-4-7-21-8-5-6-15-14(20)17-11-9-10(2)16-12(11)13(18)19/h9,16H,3-8H2,1-2H3,(H,18,19)(H2,15,17,20). The van der Waals surface area contributed by atoms with Crippen LogP contribution in [0.4, 0.5) is 10.5 Å². The minimum atomic E-state index is -1.11. The molecular weight excluding hydrogens is 274 g/mol. The summed E-state index contributed by atoms with van der Waals surface area (Å²) in [7, 11) is 0. The Morgan fingerprint density at radius 3 is 2.71 bits per heavy atom. The number of aromatic amines is 1. The summed E-state index contributed by atoms with van der Waals surface area (Å²) in [6, 6.07) is 1.15. The molecule has 2 amide bonds. The molecule has 0 atom stereocenters. The first-order chi connectivity index (χ1) is 10.0. The van der Waals surface area contributed by atoms with Crippen molar-refractivity contribution in [2.45, 2.75) is 33.1 Å². The van der Waals surface area contributed by atoms with Gasteiger partial charge in [-0.25, -0.2) is 9.59 Å². The molecule has 0 aliphatic carbocycles. The number of aromatic carboxylic acids is 1. The van der Waals surface area contributed by atoms with Gasteiger partial charge in [0.25, 0.3) is 0 Å². The van der Waals surface area contributed by atoms with E-state index in [1.54, 1.807) is 13.0 Å². The van der Waals surface area contributed by atoms with Crippen molar-refractivity contribution >= 4 is 17.7 Å². The highest BCUT2D eigenvalue weighted by Gasteiger charge is 2.14. The minimum Gasteiger partial charge on any atom is -0.477 e. The van der Waals surface area contributed by atoms with Crippen molar-refractivity contribution in [3.05, 3.63) is 17.5 Å². The third-order valence-corrected chi connectivity index (χ3v) is 2.81. The molecule has 21 heavy (non-hydrogen) atoms. The van der Waals surface area contributed by atoms with Gasteiger partial charge in [0, 0.05) is 25.5 Å². The van der Waals surface area contributed by atoms with Crippen LogP contribution in [0.25, 0.3) is 0 Å². The molecule has 0 spiro atoms. The Kier molecular flexibility index (Phi) is 7.31. The van der Waals surface area contributed by atoms with Crippen LogP contribution in [0.2, 0.25) is 0 Å². The number of amides is 2. The van der Waals surface area contributed by atoms with E-state index in [9.17, 15) is 9.59 Å². The van der Waals surface area contributed by atoms with Gasteiger partial charge in [-0.05, 0) is 25.8 Å². The summed E-state index contributed by atoms with van der Waals surface area (Å²) in [4.78, 5) is 25.3. The number of anilines is 1. The predicted molar refractivity (Wildman–Crippen MR) is 79.9 cm³/mol. The van der Waals surface area contributed by atoms with Gasteiger partial charge in [-0.15, -0.1) is 0 Å². The first-order valence-corrected chi connectivity index (χ1v) is 7.10. The van der Waals surface area contributed by atoms with Gasteiger partial charge in [-0.2, -0.15) is 0 Å². The SMILES string of the molecule is CCCCOCCCNC(=O)Nc1cc(C)[nH]c1C(=O)O. The molecule has 1 heterocycles. The Labute approximate surface area is 124 Å². The number of aryl methyl sites for hydroxylation is 1. The van der Waals surface area contributed by atoms with Gasteiger partial charge in [-0.1, -0.05) is 13.3 Å². The number of hydrogen-bond acceptors (Lipinski definition) is 3. The lowest BCUT2D eigenvalue weighted by atomic mass is 10.3. The molecule has 0 bridgehead atoms. The fourth-order valence-corrected chi connectivity index (χ4v) is 1.75. The summed E-state index contributed by atoms with van der Waals surface area (Å²) in [6.45, 7) is 5.65. The van der Waals surface area contributed by atoms with Crippen LogP contribution in [0.5, 0.6) is 0 Å². The van der Waals surface area contributed by atoms with E-state index in [2.05, 4.69) is 22.5 Å². The van der Waals surface area contributed by atoms with Gasteiger partial charge in [-0.3, -0.25) is 0 Å². The fourth-order valence-electron chi connectivity index (χ4n) is 1.75. The molecule has 0 fully saturated rings. The first kappa shape index (κ1) is 17.0. The number of carboxylic acids is 1. The number of ether oxygens (including phenoxy) is 1. The van der Waals surface area contributed by atoms with Crippen molar-refractivity contribution in [2.24, 2.45) is 0 Å². The van der Waals surface area contributed by atoms with Crippen LogP contribution in [0.1, 0.15) is 42.4 Å². The van der Waals surface area contributed by atoms with Crippen LogP contribution >= 0.6 is 0 Å². The number of aromatic nitrogens is 1. The van der Waals surface area contributed by atoms with Crippen LogP contribution in [0, 0.1) is 6.92 Å². The second-order valence-corrected chi connectivity index (χ2v) is 4.75. The van der Waals surface area contributed by atoms with Gasteiger partial charge >= 0.3 is 12.0 Å². The number of carbonyl (C=O) groups is 2. The van der Waals surface area contributed by atoms with Gasteiger partial charge in [0.15, 0.2) is 0 Å². The molecule has 0 saturated carbocycles. The van der Waals surface area contributed by atoms with E-state index < -0.39 is 12.0 Å². The van der Waals surface area contributed by atoms with Crippen LogP contribution in [-0.2, 0) is 4.74 Å². The fraction of sp³-hybridized carbons (Fsp3) is 0.571. The van der Waals surface area contributed by atoms with Gasteiger partial charge in [0.05, 0.1) is 5.69 Å². The number of carboxylic acid groups (broad SMARTS) is 1. The lowest BCUT2D eigenvalue weighted by Crippen LogP contribution is -2.30. The third-order valence-electron chi connectivity index (χ3n) is 2.81. The maximum absolute atomic E-state index is 11.7. The smallest absolute Gasteiger partial charge is 0.354 e. The number of hydrogen-bond donors (Lipinski definition) is 4. The average molecular weight is 297 g/mol. The molecule has 0 aromatic carbocycles. The Bertz CT molecular complexity index is 471. The molecule has 0 aliphatic heterocycles. The molecule has 0 aliphatic rings. The Balaban J connectivity index is 2.26. The van der Waals surface area contributed by atoms with E-state index in [1.165, 1.54) is 0 Å². The highest BCUT2D eigenvalue weighted by atomic mass is 16.5. The molecule has 7 nitrogen and oxygen atoms in total. The Morgan fingerprint density at radius 1 is 1.33 bits per heavy atom. The largest absolute Gasteiger partial charge is 0.477 e. The van der Waals surface area contributed by atoms with E-state index in [0.29, 0.717) is 18.8 Å². The van der Waals surface area contributed by atoms with Crippen LogP contribution in [0.3, 0.4) is 0 Å². The first-order valence-electron chi connectivity index (χ1n) is 7.10. The number of unbranched alkanes of at least 4 members (excludes halogenated alkanes) is 1. The molecule has 7 heteroatoms. The van der Waals surface area contributed by atoms with E-state index in [0.717, 1.165) is 25.9 Å². The van der Waals surface area contributed by atoms with E-state index in [4.69, 9.17) is 9.84 Å². The molecule has 0 unspecified atom stereocenters. The minimum absolute atomic E-state index is 0.0226. The molecular formula is C14H23N3O4. The second-order valence-electron chi connectivity index (χ2n) is 4.75. The number of nitrogens with one attached hydrogen (secondary N) is 3. The monoisotopic (exact) mass is 297 g/mol. The normalized spacial score (nSPS) is 10.4. The summed E-state index contributed by atoms with van der Waals surface area (Å²) in [5, 5.41) is 14.2. The predicted octanol–water partition coefficient (Wildman–Crippen LogP) is 2.35. The third kappa shape index (κ3) is 6.31. The Hall–Kier alpha value is -2.02. The molecule has 118 valence electrons. The van der Waals surface area contributed by atoms with Crippen LogP contribution < -0.4 is 10.6 Å². The van der Waals surface area contributed by atoms with Crippen molar-refractivity contribution in [1.29, 1.82) is 0 Å². The maximum Gasteiger partial charge on any atom is 0.354 e. The zero-order valence-electron chi connectivity index (χ0n) is 12.5. The maximum atomic E-state index is 11.7. The van der Waals surface area contributed by atoms with Crippen molar-refractivity contribution < 1.29 is 19.4 Å². The van der Waals surface area contributed by atoms with Crippen LogP contribution in [0.15, 0.2) is 6.07 Å². The van der Waals surface area contributed by atoms with Gasteiger partial charge in [0.2, 0.25) is 0 Å². The molecule has 0 radical (unpaired) electrons. The lowest BCUT2D eigenvalue weighted by molar-refractivity contribution is 0.0692. The molecule has 0 saturated heterocycles. The number of carbonyl (C=O) groups excluding carboxylic acids is 1. The highest BCUT2D eigenvalue weighted by Crippen LogP contribution is 2.16. The van der Waals surface area contributed by atoms with Crippen molar-refractivity contribution in [3.8, 4) is 0 Å². The van der Waals surface area contributed by atoms with Crippen molar-refractivity contribution in [3.63, 3.8) is 0 Å². The zero-order valence-corrected chi connectivity index (χ0v) is 12.5. The number of urea groups is 1. The molecule has 1 rings (SSSR count). The summed E-state index contributed by atoms with van der Waals surface area (Å²) in [5.74, 6) is -1.11. The van der Waals surface area contributed by atoms with Crippen molar-refractivity contribution in [1.82, 2.24) is 10.3 Å². The zero-order chi connectivity index (χ0) is 15.7. The summed E-state index contributed by atoms with van der Waals surface area (Å²) in [6.07, 6.45) is 2.86. The second kappa shape index (κ2) is 9.02. The van der Waals surface area contributed by atoms with Gasteiger partial charge < -0.3 is 25.5 Å². The summed E-state index contributed by atoms with van der Waals surface area (Å²) >= 11 is 0. The van der Waals surface area contributed by atoms with Gasteiger partial charge in [0.1, 0.15) is 5.69 Å². The molecule has 4 N–H and O–H groups in total. The highest BCUT2D eigenvalue weighted by molar-refractivity contribution is 5.99. The number of rotatable bonds is 9. The molecule has 1 aromatic rings. The average Bonchev–Trinajstić information content (AvgIpc) is 2.78. The van der Waals surface area contributed by atoms with E-state index >= 15 is 0 Å². The van der Waals surface area contributed by atoms with Crippen molar-refractivity contribution in [2.75, 3.05) is 25.1 Å². The van der Waals surface area contributed by atoms with Crippen LogP contribution in [-0.4, -0.2) is 41.8 Å². The topological polar surface area (TPSA) is 103 Å². The summed E-state index contributed by atoms with van der Waals surface area (Å²) in [5.41, 5.74) is 0.911. The number of H-pyrrole nitrogens is 1. The Morgan fingerprint density at radius 2 is 2.05 bits per heavy atom.